The van der Waals surface area contributed by atoms with Crippen molar-refractivity contribution in [1.29, 1.82) is 0 Å². The van der Waals surface area contributed by atoms with Crippen LogP contribution in [0.2, 0.25) is 5.02 Å². The van der Waals surface area contributed by atoms with E-state index in [1.165, 1.54) is 0 Å². The number of nitrogens with one attached hydrogen (secondary N) is 1. The lowest BCUT2D eigenvalue weighted by molar-refractivity contribution is -0.118. The van der Waals surface area contributed by atoms with Gasteiger partial charge in [-0.3, -0.25) is 4.79 Å². The van der Waals surface area contributed by atoms with Gasteiger partial charge < -0.3 is 14.5 Å². The molecule has 4 aromatic rings. The van der Waals surface area contributed by atoms with Crippen molar-refractivity contribution in [1.82, 2.24) is 10.2 Å². The highest BCUT2D eigenvalue weighted by Crippen LogP contribution is 2.23. The molecule has 3 aromatic carbocycles. The van der Waals surface area contributed by atoms with Gasteiger partial charge in [-0.1, -0.05) is 54.1 Å². The molecular formula is C23H18ClN3O3. The number of aromatic nitrogens is 2. The molecule has 0 spiro atoms. The molecule has 4 rings (SSSR count). The SMILES string of the molecule is O=C(COc1ccccc1Cl)Nc1ccc(Cc2nnc(-c3ccccc3)o2)cc1. The third-order valence-electron chi connectivity index (χ3n) is 4.28. The standard InChI is InChI=1S/C23H18ClN3O3/c24-19-8-4-5-9-20(19)29-15-21(28)25-18-12-10-16(11-13-18)14-22-26-27-23(30-22)17-6-2-1-3-7-17/h1-13H,14-15H2,(H,25,28). The molecular weight excluding hydrogens is 402 g/mol. The van der Waals surface area contributed by atoms with Crippen molar-refractivity contribution < 1.29 is 13.9 Å². The molecule has 6 nitrogen and oxygen atoms in total. The fourth-order valence-electron chi connectivity index (χ4n) is 2.81. The third-order valence-corrected chi connectivity index (χ3v) is 4.59. The maximum Gasteiger partial charge on any atom is 0.262 e. The first kappa shape index (κ1) is 19.7. The van der Waals surface area contributed by atoms with Crippen LogP contribution in [-0.2, 0) is 11.2 Å². The van der Waals surface area contributed by atoms with Gasteiger partial charge in [0.05, 0.1) is 11.4 Å². The molecule has 1 aromatic heterocycles. The second-order valence-corrected chi connectivity index (χ2v) is 6.92. The summed E-state index contributed by atoms with van der Waals surface area (Å²) >= 11 is 6.01. The van der Waals surface area contributed by atoms with Gasteiger partial charge in [-0.25, -0.2) is 0 Å². The maximum absolute atomic E-state index is 12.1. The summed E-state index contributed by atoms with van der Waals surface area (Å²) in [6.07, 6.45) is 0.504. The quantitative estimate of drug-likeness (QED) is 0.456. The second-order valence-electron chi connectivity index (χ2n) is 6.51. The fraction of sp³-hybridized carbons (Fsp3) is 0.0870. The van der Waals surface area contributed by atoms with Crippen molar-refractivity contribution in [2.75, 3.05) is 11.9 Å². The molecule has 30 heavy (non-hydrogen) atoms. The lowest BCUT2D eigenvalue weighted by atomic mass is 10.1. The van der Waals surface area contributed by atoms with E-state index in [1.807, 2.05) is 54.6 Å². The summed E-state index contributed by atoms with van der Waals surface area (Å²) in [5.74, 6) is 1.22. The molecule has 0 fully saturated rings. The molecule has 1 amide bonds. The first-order chi connectivity index (χ1) is 14.7. The van der Waals surface area contributed by atoms with Gasteiger partial charge in [0.2, 0.25) is 11.8 Å². The van der Waals surface area contributed by atoms with Crippen LogP contribution in [0.1, 0.15) is 11.5 Å². The predicted octanol–water partition coefficient (Wildman–Crippen LogP) is 5.00. The van der Waals surface area contributed by atoms with E-state index in [0.29, 0.717) is 34.7 Å². The topological polar surface area (TPSA) is 77.2 Å². The van der Waals surface area contributed by atoms with E-state index in [9.17, 15) is 4.79 Å². The van der Waals surface area contributed by atoms with Crippen LogP contribution in [0.15, 0.2) is 83.3 Å². The van der Waals surface area contributed by atoms with Gasteiger partial charge in [0.1, 0.15) is 5.75 Å². The van der Waals surface area contributed by atoms with Crippen molar-refractivity contribution in [3.8, 4) is 17.2 Å². The minimum absolute atomic E-state index is 0.129. The molecule has 1 heterocycles. The lowest BCUT2D eigenvalue weighted by Gasteiger charge is -2.09. The molecule has 150 valence electrons. The van der Waals surface area contributed by atoms with Crippen LogP contribution in [0, 0.1) is 0 Å². The Balaban J connectivity index is 1.31. The third kappa shape index (κ3) is 5.04. The van der Waals surface area contributed by atoms with Crippen molar-refractivity contribution in [3.63, 3.8) is 0 Å². The number of hydrogen-bond acceptors (Lipinski definition) is 5. The molecule has 7 heteroatoms. The zero-order valence-corrected chi connectivity index (χ0v) is 16.7. The van der Waals surface area contributed by atoms with E-state index < -0.39 is 0 Å². The van der Waals surface area contributed by atoms with Gasteiger partial charge >= 0.3 is 0 Å². The van der Waals surface area contributed by atoms with Crippen LogP contribution in [-0.4, -0.2) is 22.7 Å². The van der Waals surface area contributed by atoms with Crippen LogP contribution in [0.5, 0.6) is 5.75 Å². The molecule has 0 radical (unpaired) electrons. The zero-order valence-electron chi connectivity index (χ0n) is 15.9. The number of halogens is 1. The van der Waals surface area contributed by atoms with Gasteiger partial charge in [-0.05, 0) is 42.0 Å². The highest BCUT2D eigenvalue weighted by molar-refractivity contribution is 6.32. The van der Waals surface area contributed by atoms with E-state index in [2.05, 4.69) is 15.5 Å². The van der Waals surface area contributed by atoms with Crippen molar-refractivity contribution >= 4 is 23.2 Å². The van der Waals surface area contributed by atoms with Gasteiger partial charge in [0.15, 0.2) is 6.61 Å². The molecule has 0 unspecified atom stereocenters. The molecule has 0 aliphatic rings. The maximum atomic E-state index is 12.1. The number of amides is 1. The monoisotopic (exact) mass is 419 g/mol. The first-order valence-corrected chi connectivity index (χ1v) is 9.69. The number of para-hydroxylation sites is 1. The Morgan fingerprint density at radius 1 is 0.933 bits per heavy atom. The minimum Gasteiger partial charge on any atom is -0.482 e. The Morgan fingerprint density at radius 2 is 1.67 bits per heavy atom. The van der Waals surface area contributed by atoms with Crippen LogP contribution >= 0.6 is 11.6 Å². The Morgan fingerprint density at radius 3 is 2.43 bits per heavy atom. The number of carbonyl (C=O) groups excluding carboxylic acids is 1. The number of rotatable bonds is 7. The normalized spacial score (nSPS) is 10.6. The van der Waals surface area contributed by atoms with E-state index >= 15 is 0 Å². The molecule has 0 saturated heterocycles. The Hall–Kier alpha value is -3.64. The van der Waals surface area contributed by atoms with Crippen molar-refractivity contribution in [2.45, 2.75) is 6.42 Å². The average molecular weight is 420 g/mol. The molecule has 0 atom stereocenters. The first-order valence-electron chi connectivity index (χ1n) is 9.31. The summed E-state index contributed by atoms with van der Waals surface area (Å²) in [5.41, 5.74) is 2.54. The second kappa shape index (κ2) is 9.24. The molecule has 0 bridgehead atoms. The zero-order chi connectivity index (χ0) is 20.8. The van der Waals surface area contributed by atoms with Crippen LogP contribution in [0.4, 0.5) is 5.69 Å². The summed E-state index contributed by atoms with van der Waals surface area (Å²) in [5, 5.41) is 11.5. The number of benzene rings is 3. The van der Waals surface area contributed by atoms with Gasteiger partial charge in [-0.2, -0.15) is 0 Å². The Labute approximate surface area is 178 Å². The summed E-state index contributed by atoms with van der Waals surface area (Å²) in [6, 6.07) is 24.1. The van der Waals surface area contributed by atoms with Crippen LogP contribution in [0.25, 0.3) is 11.5 Å². The molecule has 0 aliphatic heterocycles. The van der Waals surface area contributed by atoms with Crippen LogP contribution < -0.4 is 10.1 Å². The van der Waals surface area contributed by atoms with E-state index in [-0.39, 0.29) is 12.5 Å². The summed E-state index contributed by atoms with van der Waals surface area (Å²) in [7, 11) is 0. The molecule has 0 aliphatic carbocycles. The van der Waals surface area contributed by atoms with Crippen LogP contribution in [0.3, 0.4) is 0 Å². The highest BCUT2D eigenvalue weighted by Gasteiger charge is 2.10. The van der Waals surface area contributed by atoms with Crippen molar-refractivity contribution in [3.05, 3.63) is 95.3 Å². The predicted molar refractivity (Wildman–Crippen MR) is 115 cm³/mol. The Kier molecular flexibility index (Phi) is 6.06. The average Bonchev–Trinajstić information content (AvgIpc) is 3.24. The van der Waals surface area contributed by atoms with Gasteiger partial charge in [-0.15, -0.1) is 10.2 Å². The summed E-state index contributed by atoms with van der Waals surface area (Å²) < 4.78 is 11.2. The van der Waals surface area contributed by atoms with Gasteiger partial charge in [0, 0.05) is 11.3 Å². The van der Waals surface area contributed by atoms with E-state index in [0.717, 1.165) is 11.1 Å². The largest absolute Gasteiger partial charge is 0.482 e. The van der Waals surface area contributed by atoms with E-state index in [1.54, 1.807) is 24.3 Å². The van der Waals surface area contributed by atoms with Crippen molar-refractivity contribution in [2.24, 2.45) is 0 Å². The number of ether oxygens (including phenoxy) is 1. The highest BCUT2D eigenvalue weighted by atomic mass is 35.5. The van der Waals surface area contributed by atoms with E-state index in [4.69, 9.17) is 20.8 Å². The molecule has 0 saturated carbocycles. The molecule has 1 N–H and O–H groups in total. The number of nitrogens with zero attached hydrogens (tertiary/aromatic N) is 2. The number of carbonyl (C=O) groups is 1. The summed E-state index contributed by atoms with van der Waals surface area (Å²) in [4.78, 5) is 12.1. The lowest BCUT2D eigenvalue weighted by Crippen LogP contribution is -2.20. The minimum atomic E-state index is -0.271. The fourth-order valence-corrected chi connectivity index (χ4v) is 3.00. The smallest absolute Gasteiger partial charge is 0.262 e. The van der Waals surface area contributed by atoms with Gasteiger partial charge in [0.25, 0.3) is 5.91 Å². The number of anilines is 1. The Bertz CT molecular complexity index is 1130. The summed E-state index contributed by atoms with van der Waals surface area (Å²) in [6.45, 7) is -0.129. The number of hydrogen-bond donors (Lipinski definition) is 1.